The highest BCUT2D eigenvalue weighted by atomic mass is 16.3. The zero-order valence-electron chi connectivity index (χ0n) is 16.6. The van der Waals surface area contributed by atoms with E-state index in [0.717, 1.165) is 11.3 Å². The molecule has 1 aliphatic rings. The van der Waals surface area contributed by atoms with Crippen molar-refractivity contribution in [1.82, 2.24) is 25.0 Å². The minimum absolute atomic E-state index is 0.0636. The number of pyridine rings is 1. The van der Waals surface area contributed by atoms with Crippen molar-refractivity contribution in [3.8, 4) is 11.4 Å². The van der Waals surface area contributed by atoms with E-state index < -0.39 is 0 Å². The highest BCUT2D eigenvalue weighted by molar-refractivity contribution is 5.95. The summed E-state index contributed by atoms with van der Waals surface area (Å²) in [6.07, 6.45) is 4.97. The molecule has 1 unspecified atom stereocenters. The molecule has 0 spiro atoms. The van der Waals surface area contributed by atoms with Crippen molar-refractivity contribution in [3.05, 3.63) is 71.8 Å². The Morgan fingerprint density at radius 2 is 2.03 bits per heavy atom. The van der Waals surface area contributed by atoms with Crippen molar-refractivity contribution in [2.45, 2.75) is 25.8 Å². The summed E-state index contributed by atoms with van der Waals surface area (Å²) in [5, 5.41) is 18.2. The first kappa shape index (κ1) is 19.1. The molecule has 2 aromatic heterocycles. The summed E-state index contributed by atoms with van der Waals surface area (Å²) in [5.41, 5.74) is 3.04. The molecule has 7 nitrogen and oxygen atoms in total. The quantitative estimate of drug-likeness (QED) is 0.715. The van der Waals surface area contributed by atoms with E-state index in [4.69, 9.17) is 0 Å². The largest absolute Gasteiger partial charge is 0.504 e. The maximum atomic E-state index is 13.2. The molecule has 4 rings (SSSR count). The summed E-state index contributed by atoms with van der Waals surface area (Å²) < 4.78 is 1.55. The molecule has 1 saturated heterocycles. The molecule has 3 heterocycles. The number of carbonyl (C=O) groups excluding carboxylic acids is 1. The van der Waals surface area contributed by atoms with Crippen LogP contribution in [0.2, 0.25) is 0 Å². The number of benzene rings is 1. The average molecular weight is 391 g/mol. The normalized spacial score (nSPS) is 16.9. The molecule has 150 valence electrons. The predicted molar refractivity (Wildman–Crippen MR) is 110 cm³/mol. The summed E-state index contributed by atoms with van der Waals surface area (Å²) in [6.45, 7) is 6.14. The predicted octanol–water partition coefficient (Wildman–Crippen LogP) is 2.88. The smallest absolute Gasteiger partial charge is 0.278 e. The van der Waals surface area contributed by atoms with E-state index in [0.29, 0.717) is 25.6 Å². The van der Waals surface area contributed by atoms with Crippen LogP contribution in [0.3, 0.4) is 0 Å². The van der Waals surface area contributed by atoms with E-state index in [2.05, 4.69) is 29.2 Å². The van der Waals surface area contributed by atoms with Gasteiger partial charge in [-0.1, -0.05) is 32.0 Å². The second-order valence-electron chi connectivity index (χ2n) is 7.56. The van der Waals surface area contributed by atoms with Crippen LogP contribution in [-0.4, -0.2) is 50.3 Å². The number of rotatable bonds is 4. The molecule has 29 heavy (non-hydrogen) atoms. The van der Waals surface area contributed by atoms with Crippen LogP contribution in [-0.2, 0) is 0 Å². The maximum absolute atomic E-state index is 13.2. The lowest BCUT2D eigenvalue weighted by molar-refractivity contribution is 0.0624. The Labute approximate surface area is 170 Å². The fraction of sp³-hybridized carbons (Fsp3) is 0.318. The van der Waals surface area contributed by atoms with Crippen LogP contribution in [0.1, 0.15) is 47.4 Å². The molecule has 3 aromatic rings. The lowest BCUT2D eigenvalue weighted by Crippen LogP contribution is -2.48. The third-order valence-electron chi connectivity index (χ3n) is 5.30. The van der Waals surface area contributed by atoms with Gasteiger partial charge in [0.15, 0.2) is 11.4 Å². The second kappa shape index (κ2) is 8.05. The Bertz CT molecular complexity index is 982. The molecule has 1 atom stereocenters. The van der Waals surface area contributed by atoms with Gasteiger partial charge in [0.05, 0.1) is 17.9 Å². The van der Waals surface area contributed by atoms with Crippen molar-refractivity contribution >= 4 is 5.91 Å². The lowest BCUT2D eigenvalue weighted by Gasteiger charge is -2.36. The number of carbonyl (C=O) groups is 1. The molecule has 1 aromatic carbocycles. The summed E-state index contributed by atoms with van der Waals surface area (Å²) in [6, 6.07) is 11.6. The van der Waals surface area contributed by atoms with Crippen LogP contribution in [0.4, 0.5) is 0 Å². The highest BCUT2D eigenvalue weighted by Crippen LogP contribution is 2.27. The number of aromatic hydroxyl groups is 1. The number of aromatic nitrogens is 3. The Morgan fingerprint density at radius 3 is 2.72 bits per heavy atom. The van der Waals surface area contributed by atoms with Crippen LogP contribution in [0, 0.1) is 0 Å². The summed E-state index contributed by atoms with van der Waals surface area (Å²) in [7, 11) is 0. The van der Waals surface area contributed by atoms with Gasteiger partial charge in [0.1, 0.15) is 0 Å². The molecule has 0 radical (unpaired) electrons. The third kappa shape index (κ3) is 3.86. The van der Waals surface area contributed by atoms with Crippen molar-refractivity contribution in [3.63, 3.8) is 0 Å². The molecule has 1 amide bonds. The first-order valence-corrected chi connectivity index (χ1v) is 9.85. The van der Waals surface area contributed by atoms with Crippen LogP contribution >= 0.6 is 0 Å². The molecular formula is C22H25N5O2. The maximum Gasteiger partial charge on any atom is 0.278 e. The molecule has 0 aliphatic carbocycles. The lowest BCUT2D eigenvalue weighted by atomic mass is 10.0. The van der Waals surface area contributed by atoms with Gasteiger partial charge < -0.3 is 15.3 Å². The average Bonchev–Trinajstić information content (AvgIpc) is 3.15. The molecular weight excluding hydrogens is 366 g/mol. The Hall–Kier alpha value is -3.19. The van der Waals surface area contributed by atoms with E-state index in [1.165, 1.54) is 11.8 Å². The molecule has 1 fully saturated rings. The second-order valence-corrected chi connectivity index (χ2v) is 7.56. The number of nitrogens with zero attached hydrogens (tertiary/aromatic N) is 4. The zero-order chi connectivity index (χ0) is 20.4. The van der Waals surface area contributed by atoms with Crippen LogP contribution in [0.5, 0.6) is 5.75 Å². The van der Waals surface area contributed by atoms with Gasteiger partial charge in [0.25, 0.3) is 5.91 Å². The molecule has 2 N–H and O–H groups in total. The number of nitrogens with one attached hydrogen (secondary N) is 1. The van der Waals surface area contributed by atoms with E-state index in [1.807, 2.05) is 36.4 Å². The first-order chi connectivity index (χ1) is 14.0. The van der Waals surface area contributed by atoms with Gasteiger partial charge in [-0.15, -0.1) is 0 Å². The number of hydrogen-bond acceptors (Lipinski definition) is 5. The number of amides is 1. The van der Waals surface area contributed by atoms with Gasteiger partial charge in [-0.05, 0) is 35.2 Å². The zero-order valence-corrected chi connectivity index (χ0v) is 16.6. The minimum atomic E-state index is -0.282. The van der Waals surface area contributed by atoms with Gasteiger partial charge in [-0.25, -0.2) is 4.68 Å². The van der Waals surface area contributed by atoms with Crippen LogP contribution < -0.4 is 5.32 Å². The minimum Gasteiger partial charge on any atom is -0.504 e. The Morgan fingerprint density at radius 1 is 1.24 bits per heavy atom. The van der Waals surface area contributed by atoms with Crippen molar-refractivity contribution in [2.75, 3.05) is 19.6 Å². The van der Waals surface area contributed by atoms with Crippen molar-refractivity contribution in [2.24, 2.45) is 0 Å². The number of piperazine rings is 1. The third-order valence-corrected chi connectivity index (χ3v) is 5.30. The Kier molecular flexibility index (Phi) is 5.31. The fourth-order valence-electron chi connectivity index (χ4n) is 3.62. The molecule has 0 bridgehead atoms. The topological polar surface area (TPSA) is 83.3 Å². The molecule has 0 saturated carbocycles. The molecule has 1 aliphatic heterocycles. The van der Waals surface area contributed by atoms with E-state index in [9.17, 15) is 9.90 Å². The van der Waals surface area contributed by atoms with E-state index in [1.54, 1.807) is 22.0 Å². The van der Waals surface area contributed by atoms with Crippen molar-refractivity contribution in [1.29, 1.82) is 0 Å². The SMILES string of the molecule is CC(C)c1ccc(-n2cc(O)c(C(=O)N3CCNCC3c3cccnc3)n2)cc1. The van der Waals surface area contributed by atoms with Gasteiger partial charge in [-0.2, -0.15) is 5.10 Å². The van der Waals surface area contributed by atoms with Crippen LogP contribution in [0.15, 0.2) is 55.0 Å². The van der Waals surface area contributed by atoms with Gasteiger partial charge in [0, 0.05) is 32.0 Å². The molecule has 7 heteroatoms. The van der Waals surface area contributed by atoms with Gasteiger partial charge in [0.2, 0.25) is 0 Å². The van der Waals surface area contributed by atoms with Gasteiger partial charge >= 0.3 is 0 Å². The summed E-state index contributed by atoms with van der Waals surface area (Å²) in [4.78, 5) is 19.2. The van der Waals surface area contributed by atoms with Crippen molar-refractivity contribution < 1.29 is 9.90 Å². The van der Waals surface area contributed by atoms with E-state index >= 15 is 0 Å². The van der Waals surface area contributed by atoms with E-state index in [-0.39, 0.29) is 23.4 Å². The summed E-state index contributed by atoms with van der Waals surface area (Å²) in [5.74, 6) is 0.0335. The Balaban J connectivity index is 1.61. The fourth-order valence-corrected chi connectivity index (χ4v) is 3.62. The van der Waals surface area contributed by atoms with Crippen LogP contribution in [0.25, 0.3) is 5.69 Å². The number of hydrogen-bond donors (Lipinski definition) is 2. The summed E-state index contributed by atoms with van der Waals surface area (Å²) >= 11 is 0. The highest BCUT2D eigenvalue weighted by Gasteiger charge is 2.31. The first-order valence-electron chi connectivity index (χ1n) is 9.85. The van der Waals surface area contributed by atoms with Gasteiger partial charge in [-0.3, -0.25) is 9.78 Å². The monoisotopic (exact) mass is 391 g/mol. The standard InChI is InChI=1S/C22H25N5O2/c1-15(2)16-5-7-18(8-6-16)27-14-20(28)21(25-27)22(29)26-11-10-24-13-19(26)17-4-3-9-23-12-17/h3-9,12,14-15,19,24,28H,10-11,13H2,1-2H3.